The molecule has 1 aliphatic heterocycles. The number of nitrogens with zero attached hydrogens (tertiary/aromatic N) is 6. The summed E-state index contributed by atoms with van der Waals surface area (Å²) in [6.07, 6.45) is 1.28. The minimum absolute atomic E-state index is 0. The fourth-order valence-corrected chi connectivity index (χ4v) is 2.11. The second-order valence-electron chi connectivity index (χ2n) is 4.78. The van der Waals surface area contributed by atoms with Crippen LogP contribution in [-0.4, -0.2) is 72.3 Å². The molecule has 0 atom stereocenters. The van der Waals surface area contributed by atoms with E-state index >= 15 is 0 Å². The predicted molar refractivity (Wildman–Crippen MR) is 77.0 cm³/mol. The molecule has 0 amide bonds. The summed E-state index contributed by atoms with van der Waals surface area (Å²) >= 11 is 0. The standard InChI is InChI=1S/C10H24N8O4.2Na/c19-13-17(21)15-7-2-8-16(18(22)14-20)10-6-12-4-1-3-11-5-9-15;;/h11-12,19-20H,1-10H2;;/q;2*+1/p-2/b17-13-,18-14-;;. The molecule has 0 saturated carbocycles. The van der Waals surface area contributed by atoms with Crippen molar-refractivity contribution in [3.05, 3.63) is 20.8 Å². The maximum Gasteiger partial charge on any atom is 1.00 e. The van der Waals surface area contributed by atoms with E-state index in [-0.39, 0.29) is 82.1 Å². The first kappa shape index (κ1) is 26.2. The molecule has 0 aliphatic carbocycles. The largest absolute Gasteiger partial charge is 1.00 e. The number of rotatable bonds is 2. The van der Waals surface area contributed by atoms with Crippen LogP contribution in [0.5, 0.6) is 0 Å². The number of hydrogen-bond acceptors (Lipinski definition) is 8. The quantitative estimate of drug-likeness (QED) is 0.212. The van der Waals surface area contributed by atoms with Crippen LogP contribution in [0.15, 0.2) is 10.6 Å². The van der Waals surface area contributed by atoms with Crippen LogP contribution >= 0.6 is 0 Å². The van der Waals surface area contributed by atoms with Crippen molar-refractivity contribution < 1.29 is 69.1 Å². The average molecular weight is 364 g/mol. The van der Waals surface area contributed by atoms with Gasteiger partial charge in [-0.3, -0.25) is 0 Å². The number of nitrogens with one attached hydrogen (secondary N) is 2. The molecule has 1 rings (SSSR count). The van der Waals surface area contributed by atoms with Gasteiger partial charge in [0.05, 0.1) is 26.2 Å². The van der Waals surface area contributed by atoms with Crippen LogP contribution in [0.4, 0.5) is 0 Å². The van der Waals surface area contributed by atoms with Crippen molar-refractivity contribution in [1.29, 1.82) is 0 Å². The third kappa shape index (κ3) is 10.7. The molecule has 24 heavy (non-hydrogen) atoms. The zero-order valence-electron chi connectivity index (χ0n) is 14.4. The molecule has 0 spiro atoms. The summed E-state index contributed by atoms with van der Waals surface area (Å²) in [5.41, 5.74) is 0. The van der Waals surface area contributed by atoms with E-state index < -0.39 is 0 Å². The minimum Gasteiger partial charge on any atom is -0.737 e. The molecule has 0 aromatic carbocycles. The van der Waals surface area contributed by atoms with E-state index in [0.717, 1.165) is 19.5 Å². The molecule has 1 fully saturated rings. The van der Waals surface area contributed by atoms with Gasteiger partial charge in [0.1, 0.15) is 0 Å². The Morgan fingerprint density at radius 1 is 0.667 bits per heavy atom. The van der Waals surface area contributed by atoms with E-state index in [1.807, 2.05) is 0 Å². The van der Waals surface area contributed by atoms with Crippen molar-refractivity contribution in [2.45, 2.75) is 12.8 Å². The van der Waals surface area contributed by atoms with Gasteiger partial charge in [0.2, 0.25) is 0 Å². The Kier molecular flexibility index (Phi) is 17.9. The summed E-state index contributed by atoms with van der Waals surface area (Å²) in [6, 6.07) is 0. The van der Waals surface area contributed by atoms with Gasteiger partial charge in [0.25, 0.3) is 0 Å². The van der Waals surface area contributed by atoms with Gasteiger partial charge >= 0.3 is 59.1 Å². The second kappa shape index (κ2) is 16.4. The smallest absolute Gasteiger partial charge is 0.737 e. The summed E-state index contributed by atoms with van der Waals surface area (Å²) in [7, 11) is 0. The molecule has 1 saturated heterocycles. The molecular weight excluding hydrogens is 342 g/mol. The van der Waals surface area contributed by atoms with E-state index in [9.17, 15) is 20.8 Å². The minimum atomic E-state index is 0. The SMILES string of the molecule is [Na+].[Na+].[O-]/N=[N+](\[O-])N1CCCN(/[N+]([O-])=N/[O-])CCNCCCNCC1. The topological polar surface area (TPSA) is 154 Å². The molecule has 0 radical (unpaired) electrons. The van der Waals surface area contributed by atoms with E-state index in [2.05, 4.69) is 21.2 Å². The van der Waals surface area contributed by atoms with Crippen molar-refractivity contribution >= 4 is 0 Å². The molecule has 1 heterocycles. The maximum absolute atomic E-state index is 11.3. The van der Waals surface area contributed by atoms with E-state index in [1.165, 1.54) is 10.0 Å². The third-order valence-electron chi connectivity index (χ3n) is 3.26. The third-order valence-corrected chi connectivity index (χ3v) is 3.26. The van der Waals surface area contributed by atoms with Crippen LogP contribution in [0.25, 0.3) is 0 Å². The first-order valence-corrected chi connectivity index (χ1v) is 7.21. The predicted octanol–water partition coefficient (Wildman–Crippen LogP) is -6.68. The van der Waals surface area contributed by atoms with Gasteiger partial charge in [-0.15, -0.1) is 10.0 Å². The first-order valence-electron chi connectivity index (χ1n) is 7.21. The van der Waals surface area contributed by atoms with Crippen LogP contribution in [0, 0.1) is 20.8 Å². The number of hydrogen-bond donors (Lipinski definition) is 2. The van der Waals surface area contributed by atoms with Crippen molar-refractivity contribution in [2.24, 2.45) is 10.6 Å². The Morgan fingerprint density at radius 3 is 1.46 bits per heavy atom. The monoisotopic (exact) mass is 364 g/mol. The van der Waals surface area contributed by atoms with Gasteiger partial charge < -0.3 is 31.5 Å². The van der Waals surface area contributed by atoms with Gasteiger partial charge in [0.15, 0.2) is 0 Å². The molecule has 0 aromatic rings. The Bertz CT molecular complexity index is 345. The Hall–Kier alpha value is -0.0800. The summed E-state index contributed by atoms with van der Waals surface area (Å²) in [5, 5.41) is 56.9. The van der Waals surface area contributed by atoms with Gasteiger partial charge in [-0.1, -0.05) is 0 Å². The van der Waals surface area contributed by atoms with E-state index in [1.54, 1.807) is 0 Å². The van der Waals surface area contributed by atoms with Gasteiger partial charge in [-0.2, -0.15) is 0 Å². The molecule has 14 heteroatoms. The Morgan fingerprint density at radius 2 is 1.08 bits per heavy atom. The average Bonchev–Trinajstić information content (AvgIpc) is 2.55. The molecule has 12 nitrogen and oxygen atoms in total. The summed E-state index contributed by atoms with van der Waals surface area (Å²) in [6.45, 7) is 3.76. The molecule has 1 aliphatic rings. The fraction of sp³-hybridized carbons (Fsp3) is 1.00. The van der Waals surface area contributed by atoms with Crippen molar-refractivity contribution in [3.63, 3.8) is 0 Å². The zero-order valence-corrected chi connectivity index (χ0v) is 18.4. The van der Waals surface area contributed by atoms with Crippen molar-refractivity contribution in [3.8, 4) is 0 Å². The number of hydrazine groups is 2. The zero-order chi connectivity index (χ0) is 16.2. The molecule has 0 unspecified atom stereocenters. The van der Waals surface area contributed by atoms with Crippen LogP contribution in [-0.2, 0) is 0 Å². The van der Waals surface area contributed by atoms with Gasteiger partial charge in [0, 0.05) is 23.0 Å². The van der Waals surface area contributed by atoms with Gasteiger partial charge in [-0.05, 0) is 36.5 Å². The Labute approximate surface area is 185 Å². The van der Waals surface area contributed by atoms with Crippen LogP contribution in [0.1, 0.15) is 12.8 Å². The van der Waals surface area contributed by atoms with Crippen molar-refractivity contribution in [1.82, 2.24) is 20.7 Å². The first-order chi connectivity index (χ1) is 10.7. The summed E-state index contributed by atoms with van der Waals surface area (Å²) in [5.74, 6) is 0. The summed E-state index contributed by atoms with van der Waals surface area (Å²) in [4.78, 5) is 0.0127. The molecule has 0 bridgehead atoms. The van der Waals surface area contributed by atoms with Crippen molar-refractivity contribution in [2.75, 3.05) is 52.4 Å². The van der Waals surface area contributed by atoms with Gasteiger partial charge in [-0.25, -0.2) is 0 Å². The summed E-state index contributed by atoms with van der Waals surface area (Å²) < 4.78 is 0. The molecular formula is C10H22N8Na2O4. The maximum atomic E-state index is 11.3. The molecule has 2 N–H and O–H groups in total. The van der Waals surface area contributed by atoms with Crippen LogP contribution in [0.3, 0.4) is 0 Å². The fourth-order valence-electron chi connectivity index (χ4n) is 2.11. The molecule has 128 valence electrons. The van der Waals surface area contributed by atoms with Crippen LogP contribution in [0.2, 0.25) is 0 Å². The molecule has 0 aromatic heterocycles. The van der Waals surface area contributed by atoms with E-state index in [4.69, 9.17) is 0 Å². The van der Waals surface area contributed by atoms with Crippen LogP contribution < -0.4 is 69.7 Å². The Balaban J connectivity index is 0. The van der Waals surface area contributed by atoms with E-state index in [0.29, 0.717) is 32.6 Å². The second-order valence-corrected chi connectivity index (χ2v) is 4.78. The normalized spacial score (nSPS) is 19.7.